The number of rotatable bonds is 14. The topological polar surface area (TPSA) is 77.8 Å². The molecule has 2 rings (SSSR count). The van der Waals surface area contributed by atoms with Crippen molar-refractivity contribution >= 4 is 11.9 Å². The number of aliphatic carboxylic acids is 1. The van der Waals surface area contributed by atoms with E-state index >= 15 is 0 Å². The van der Waals surface area contributed by atoms with E-state index in [1.54, 1.807) is 0 Å². The second-order valence-corrected chi connectivity index (χ2v) is 8.36. The SMILES string of the molecule is C=C(CCCc1ccccc1)C(O)C=CC1CC(F)(F)C(=O)N1CCCCCCC(=O)O. The lowest BCUT2D eigenvalue weighted by Crippen LogP contribution is -2.36. The number of halogens is 2. The maximum absolute atomic E-state index is 14.0. The first-order valence-corrected chi connectivity index (χ1v) is 11.2. The number of carboxylic acids is 1. The summed E-state index contributed by atoms with van der Waals surface area (Å²) in [5.74, 6) is -5.45. The average Bonchev–Trinajstić information content (AvgIpc) is 2.97. The number of amides is 1. The highest BCUT2D eigenvalue weighted by Crippen LogP contribution is 2.34. The van der Waals surface area contributed by atoms with Crippen LogP contribution in [0.2, 0.25) is 0 Å². The van der Waals surface area contributed by atoms with Gasteiger partial charge in [-0.3, -0.25) is 9.59 Å². The first kappa shape index (κ1) is 25.7. The molecule has 2 unspecified atom stereocenters. The Balaban J connectivity index is 1.81. The fourth-order valence-corrected chi connectivity index (χ4v) is 3.85. The van der Waals surface area contributed by atoms with Crippen molar-refractivity contribution in [1.82, 2.24) is 4.90 Å². The molecule has 1 aromatic rings. The molecule has 0 bridgehead atoms. The van der Waals surface area contributed by atoms with Crippen molar-refractivity contribution < 1.29 is 28.6 Å². The summed E-state index contributed by atoms with van der Waals surface area (Å²) < 4.78 is 28.0. The summed E-state index contributed by atoms with van der Waals surface area (Å²) in [5.41, 5.74) is 1.81. The second kappa shape index (κ2) is 12.5. The molecule has 0 radical (unpaired) electrons. The summed E-state index contributed by atoms with van der Waals surface area (Å²) in [6.07, 6.45) is 6.15. The van der Waals surface area contributed by atoms with Gasteiger partial charge in [-0.2, -0.15) is 8.78 Å². The number of aliphatic hydroxyl groups is 1. The molecule has 1 heterocycles. The molecule has 0 aromatic heterocycles. The third kappa shape index (κ3) is 8.19. The highest BCUT2D eigenvalue weighted by Gasteiger charge is 2.52. The normalized spacial score (nSPS) is 18.9. The number of aliphatic hydroxyl groups excluding tert-OH is 1. The highest BCUT2D eigenvalue weighted by molar-refractivity contribution is 5.86. The Labute approximate surface area is 188 Å². The molecule has 5 nitrogen and oxygen atoms in total. The number of unbranched alkanes of at least 4 members (excludes halogenated alkanes) is 3. The standard InChI is InChI=1S/C25H33F2NO4/c1-19(10-9-13-20-11-5-4-6-12-20)22(29)16-15-21-18-25(26,27)24(32)28(21)17-8-3-2-7-14-23(30)31/h4-6,11-12,15-16,21-22,29H,1-3,7-10,13-14,17-18H2,(H,30,31). The van der Waals surface area contributed by atoms with Crippen LogP contribution in [0.3, 0.4) is 0 Å². The Kier molecular flexibility index (Phi) is 10.0. The van der Waals surface area contributed by atoms with Crippen LogP contribution in [0.1, 0.15) is 56.9 Å². The molecule has 32 heavy (non-hydrogen) atoms. The molecule has 0 aliphatic carbocycles. The minimum Gasteiger partial charge on any atom is -0.481 e. The summed E-state index contributed by atoms with van der Waals surface area (Å²) in [6, 6.07) is 9.21. The van der Waals surface area contributed by atoms with Crippen LogP contribution in [0.5, 0.6) is 0 Å². The number of alkyl halides is 2. The van der Waals surface area contributed by atoms with Crippen molar-refractivity contribution in [2.75, 3.05) is 6.54 Å². The predicted octanol–water partition coefficient (Wildman–Crippen LogP) is 4.75. The first-order valence-electron chi connectivity index (χ1n) is 11.2. The highest BCUT2D eigenvalue weighted by atomic mass is 19.3. The van der Waals surface area contributed by atoms with Crippen LogP contribution in [0.25, 0.3) is 0 Å². The Morgan fingerprint density at radius 1 is 1.16 bits per heavy atom. The Bertz CT molecular complexity index is 794. The molecule has 0 spiro atoms. The Hall–Kier alpha value is -2.54. The van der Waals surface area contributed by atoms with Crippen LogP contribution in [-0.4, -0.2) is 51.6 Å². The van der Waals surface area contributed by atoms with Gasteiger partial charge in [-0.15, -0.1) is 0 Å². The van der Waals surface area contributed by atoms with Gasteiger partial charge in [0.1, 0.15) is 0 Å². The molecule has 0 saturated carbocycles. The summed E-state index contributed by atoms with van der Waals surface area (Å²) in [6.45, 7) is 4.10. The summed E-state index contributed by atoms with van der Waals surface area (Å²) in [4.78, 5) is 23.8. The van der Waals surface area contributed by atoms with E-state index in [9.17, 15) is 23.5 Å². The molecule has 1 aromatic carbocycles. The lowest BCUT2D eigenvalue weighted by atomic mass is 10.0. The van der Waals surface area contributed by atoms with Crippen LogP contribution in [0.15, 0.2) is 54.6 Å². The molecule has 1 fully saturated rings. The summed E-state index contributed by atoms with van der Waals surface area (Å²) >= 11 is 0. The maximum Gasteiger partial charge on any atom is 0.327 e. The number of carbonyl (C=O) groups excluding carboxylic acids is 1. The first-order chi connectivity index (χ1) is 15.2. The number of likely N-dealkylation sites (tertiary alicyclic amines) is 1. The smallest absolute Gasteiger partial charge is 0.327 e. The van der Waals surface area contributed by atoms with Gasteiger partial charge in [0.25, 0.3) is 5.91 Å². The number of carboxylic acid groups (broad SMARTS) is 1. The summed E-state index contributed by atoms with van der Waals surface area (Å²) in [7, 11) is 0. The zero-order valence-corrected chi connectivity index (χ0v) is 18.4. The minimum atomic E-state index is -3.41. The van der Waals surface area contributed by atoms with Gasteiger partial charge >= 0.3 is 11.9 Å². The number of benzene rings is 1. The van der Waals surface area contributed by atoms with Crippen LogP contribution < -0.4 is 0 Å². The molecule has 1 saturated heterocycles. The molecule has 7 heteroatoms. The van der Waals surface area contributed by atoms with Gasteiger partial charge in [0.15, 0.2) is 0 Å². The van der Waals surface area contributed by atoms with E-state index in [0.717, 1.165) is 12.8 Å². The van der Waals surface area contributed by atoms with E-state index in [4.69, 9.17) is 5.11 Å². The predicted molar refractivity (Wildman–Crippen MR) is 119 cm³/mol. The van der Waals surface area contributed by atoms with Crippen molar-refractivity contribution in [2.45, 2.75) is 75.9 Å². The molecule has 2 N–H and O–H groups in total. The van der Waals surface area contributed by atoms with Gasteiger partial charge in [-0.05, 0) is 43.2 Å². The van der Waals surface area contributed by atoms with Crippen molar-refractivity contribution in [2.24, 2.45) is 0 Å². The zero-order chi connectivity index (χ0) is 23.6. The van der Waals surface area contributed by atoms with Crippen molar-refractivity contribution in [1.29, 1.82) is 0 Å². The fourth-order valence-electron chi connectivity index (χ4n) is 3.85. The van der Waals surface area contributed by atoms with E-state index in [2.05, 4.69) is 6.58 Å². The number of hydrogen-bond donors (Lipinski definition) is 2. The monoisotopic (exact) mass is 449 g/mol. The number of aryl methyl sites for hydroxylation is 1. The third-order valence-corrected chi connectivity index (χ3v) is 5.72. The van der Waals surface area contributed by atoms with E-state index in [1.807, 2.05) is 30.3 Å². The van der Waals surface area contributed by atoms with Gasteiger partial charge in [0.2, 0.25) is 0 Å². The summed E-state index contributed by atoms with van der Waals surface area (Å²) in [5, 5.41) is 19.0. The van der Waals surface area contributed by atoms with Crippen LogP contribution in [0, 0.1) is 0 Å². The van der Waals surface area contributed by atoms with E-state index < -0.39 is 36.4 Å². The number of hydrogen-bond acceptors (Lipinski definition) is 3. The van der Waals surface area contributed by atoms with Crippen LogP contribution in [-0.2, 0) is 16.0 Å². The van der Waals surface area contributed by atoms with Gasteiger partial charge in [-0.1, -0.05) is 61.9 Å². The second-order valence-electron chi connectivity index (χ2n) is 8.36. The van der Waals surface area contributed by atoms with Gasteiger partial charge < -0.3 is 15.1 Å². The largest absolute Gasteiger partial charge is 0.481 e. The molecule has 2 atom stereocenters. The molecular formula is C25H33F2NO4. The maximum atomic E-state index is 14.0. The lowest BCUT2D eigenvalue weighted by Gasteiger charge is -2.22. The van der Waals surface area contributed by atoms with E-state index in [1.165, 1.54) is 22.6 Å². The molecule has 176 valence electrons. The molecule has 1 aliphatic heterocycles. The average molecular weight is 450 g/mol. The van der Waals surface area contributed by atoms with E-state index in [0.29, 0.717) is 37.7 Å². The van der Waals surface area contributed by atoms with Gasteiger partial charge in [0.05, 0.1) is 12.1 Å². The Morgan fingerprint density at radius 2 is 1.84 bits per heavy atom. The van der Waals surface area contributed by atoms with E-state index in [-0.39, 0.29) is 13.0 Å². The van der Waals surface area contributed by atoms with Crippen molar-refractivity contribution in [3.05, 3.63) is 60.2 Å². The third-order valence-electron chi connectivity index (χ3n) is 5.72. The molecule has 1 amide bonds. The molecular weight excluding hydrogens is 416 g/mol. The lowest BCUT2D eigenvalue weighted by molar-refractivity contribution is -0.148. The number of nitrogens with zero attached hydrogens (tertiary/aromatic N) is 1. The molecule has 1 aliphatic rings. The number of carbonyl (C=O) groups is 2. The minimum absolute atomic E-state index is 0.0825. The Morgan fingerprint density at radius 3 is 2.53 bits per heavy atom. The zero-order valence-electron chi connectivity index (χ0n) is 18.4. The van der Waals surface area contributed by atoms with Crippen LogP contribution in [0.4, 0.5) is 8.78 Å². The quantitative estimate of drug-likeness (QED) is 0.317. The van der Waals surface area contributed by atoms with Gasteiger partial charge in [-0.25, -0.2) is 0 Å². The van der Waals surface area contributed by atoms with Crippen molar-refractivity contribution in [3.63, 3.8) is 0 Å². The van der Waals surface area contributed by atoms with Crippen LogP contribution >= 0.6 is 0 Å². The van der Waals surface area contributed by atoms with Gasteiger partial charge in [0, 0.05) is 19.4 Å². The van der Waals surface area contributed by atoms with Crippen molar-refractivity contribution in [3.8, 4) is 0 Å². The fraction of sp³-hybridized carbons (Fsp3) is 0.520.